The minimum absolute atomic E-state index is 0.267. The Bertz CT molecular complexity index is 118. The van der Waals surface area contributed by atoms with E-state index in [1.54, 1.807) is 0 Å². The molecule has 1 fully saturated rings. The summed E-state index contributed by atoms with van der Waals surface area (Å²) in [5.41, 5.74) is 0. The lowest BCUT2D eigenvalue weighted by Crippen LogP contribution is -2.41. The van der Waals surface area contributed by atoms with Crippen molar-refractivity contribution in [2.24, 2.45) is 0 Å². The Labute approximate surface area is 84.6 Å². The number of hydrogen-bond donors (Lipinski definition) is 1. The molecule has 0 aromatic heterocycles. The van der Waals surface area contributed by atoms with E-state index in [-0.39, 0.29) is 6.10 Å². The van der Waals surface area contributed by atoms with E-state index in [0.717, 1.165) is 39.3 Å². The maximum Gasteiger partial charge on any atom is 0.0933 e. The van der Waals surface area contributed by atoms with Crippen molar-refractivity contribution in [3.63, 3.8) is 0 Å². The zero-order valence-corrected chi connectivity index (χ0v) is 9.07. The molecule has 1 rings (SSSR count). The molecule has 1 aliphatic rings. The second-order valence-electron chi connectivity index (χ2n) is 3.12. The molecule has 4 heteroatoms. The first-order valence-corrected chi connectivity index (χ1v) is 6.22. The second-order valence-corrected chi connectivity index (χ2v) is 4.10. The molecule has 0 saturated carbocycles. The SMILES string of the molecule is CSCCCOCC1CNCCO1. The summed E-state index contributed by atoms with van der Waals surface area (Å²) in [6, 6.07) is 0. The van der Waals surface area contributed by atoms with E-state index in [1.807, 2.05) is 11.8 Å². The van der Waals surface area contributed by atoms with Gasteiger partial charge in [-0.1, -0.05) is 0 Å². The highest BCUT2D eigenvalue weighted by atomic mass is 32.2. The number of morpholine rings is 1. The third kappa shape index (κ3) is 5.52. The van der Waals surface area contributed by atoms with Crippen LogP contribution in [0.1, 0.15) is 6.42 Å². The molecule has 0 aromatic rings. The lowest BCUT2D eigenvalue weighted by atomic mass is 10.3. The molecule has 78 valence electrons. The van der Waals surface area contributed by atoms with Crippen LogP contribution in [0.4, 0.5) is 0 Å². The summed E-state index contributed by atoms with van der Waals surface area (Å²) in [6.07, 6.45) is 3.53. The number of rotatable bonds is 6. The van der Waals surface area contributed by atoms with Gasteiger partial charge in [-0.15, -0.1) is 0 Å². The van der Waals surface area contributed by atoms with E-state index < -0.39 is 0 Å². The van der Waals surface area contributed by atoms with Gasteiger partial charge in [0.15, 0.2) is 0 Å². The minimum atomic E-state index is 0.267. The molecule has 0 aliphatic carbocycles. The Morgan fingerprint density at radius 2 is 2.54 bits per heavy atom. The second kappa shape index (κ2) is 7.62. The molecule has 3 nitrogen and oxygen atoms in total. The number of hydrogen-bond acceptors (Lipinski definition) is 4. The molecule has 0 radical (unpaired) electrons. The fourth-order valence-electron chi connectivity index (χ4n) is 1.25. The van der Waals surface area contributed by atoms with Crippen LogP contribution in [-0.4, -0.2) is 51.0 Å². The van der Waals surface area contributed by atoms with Crippen LogP contribution in [0, 0.1) is 0 Å². The van der Waals surface area contributed by atoms with Gasteiger partial charge in [-0.25, -0.2) is 0 Å². The fraction of sp³-hybridized carbons (Fsp3) is 1.00. The van der Waals surface area contributed by atoms with Crippen LogP contribution >= 0.6 is 11.8 Å². The molecule has 0 aromatic carbocycles. The van der Waals surface area contributed by atoms with E-state index in [1.165, 1.54) is 5.75 Å². The number of thioether (sulfide) groups is 1. The van der Waals surface area contributed by atoms with E-state index in [9.17, 15) is 0 Å². The minimum Gasteiger partial charge on any atom is -0.379 e. The monoisotopic (exact) mass is 205 g/mol. The van der Waals surface area contributed by atoms with Crippen molar-refractivity contribution >= 4 is 11.8 Å². The lowest BCUT2D eigenvalue weighted by Gasteiger charge is -2.23. The Morgan fingerprint density at radius 3 is 3.23 bits per heavy atom. The van der Waals surface area contributed by atoms with Gasteiger partial charge in [0, 0.05) is 19.7 Å². The maximum absolute atomic E-state index is 5.50. The summed E-state index contributed by atoms with van der Waals surface area (Å²) >= 11 is 1.86. The predicted octanol–water partition coefficient (Wildman–Crippen LogP) is 0.744. The zero-order valence-electron chi connectivity index (χ0n) is 8.25. The van der Waals surface area contributed by atoms with Gasteiger partial charge < -0.3 is 14.8 Å². The van der Waals surface area contributed by atoms with Crippen LogP contribution in [-0.2, 0) is 9.47 Å². The van der Waals surface area contributed by atoms with Gasteiger partial charge in [-0.3, -0.25) is 0 Å². The average Bonchev–Trinajstić information content (AvgIpc) is 2.19. The van der Waals surface area contributed by atoms with E-state index in [2.05, 4.69) is 11.6 Å². The first-order chi connectivity index (χ1) is 6.43. The fourth-order valence-corrected chi connectivity index (χ4v) is 1.65. The van der Waals surface area contributed by atoms with Crippen molar-refractivity contribution < 1.29 is 9.47 Å². The Hall–Kier alpha value is 0.230. The van der Waals surface area contributed by atoms with Gasteiger partial charge in [0.25, 0.3) is 0 Å². The van der Waals surface area contributed by atoms with Gasteiger partial charge in [0.05, 0.1) is 19.3 Å². The molecule has 1 N–H and O–H groups in total. The van der Waals surface area contributed by atoms with Gasteiger partial charge in [-0.05, 0) is 18.4 Å². The van der Waals surface area contributed by atoms with Gasteiger partial charge >= 0.3 is 0 Å². The molecular weight excluding hydrogens is 186 g/mol. The van der Waals surface area contributed by atoms with Gasteiger partial charge in [0.2, 0.25) is 0 Å². The normalized spacial score (nSPS) is 23.3. The Morgan fingerprint density at radius 1 is 1.62 bits per heavy atom. The smallest absolute Gasteiger partial charge is 0.0933 e. The molecule has 0 bridgehead atoms. The average molecular weight is 205 g/mol. The predicted molar refractivity (Wildman–Crippen MR) is 56.4 cm³/mol. The molecule has 1 aliphatic heterocycles. The van der Waals surface area contributed by atoms with Crippen molar-refractivity contribution in [3.05, 3.63) is 0 Å². The summed E-state index contributed by atoms with van der Waals surface area (Å²) in [6.45, 7) is 4.33. The first kappa shape index (κ1) is 11.3. The Balaban J connectivity index is 1.86. The molecule has 1 unspecified atom stereocenters. The van der Waals surface area contributed by atoms with Crippen LogP contribution in [0.3, 0.4) is 0 Å². The van der Waals surface area contributed by atoms with Gasteiger partial charge in [-0.2, -0.15) is 11.8 Å². The van der Waals surface area contributed by atoms with Crippen molar-refractivity contribution in [3.8, 4) is 0 Å². The quantitative estimate of drug-likeness (QED) is 0.648. The van der Waals surface area contributed by atoms with Crippen molar-refractivity contribution in [1.82, 2.24) is 5.32 Å². The third-order valence-electron chi connectivity index (χ3n) is 1.95. The number of ether oxygens (including phenoxy) is 2. The summed E-state index contributed by atoms with van der Waals surface area (Å²) in [7, 11) is 0. The van der Waals surface area contributed by atoms with Crippen LogP contribution in [0.15, 0.2) is 0 Å². The highest BCUT2D eigenvalue weighted by Gasteiger charge is 2.12. The van der Waals surface area contributed by atoms with Crippen LogP contribution in [0.25, 0.3) is 0 Å². The van der Waals surface area contributed by atoms with E-state index >= 15 is 0 Å². The van der Waals surface area contributed by atoms with Crippen LogP contribution in [0.5, 0.6) is 0 Å². The van der Waals surface area contributed by atoms with Crippen LogP contribution in [0.2, 0.25) is 0 Å². The number of nitrogens with one attached hydrogen (secondary N) is 1. The lowest BCUT2D eigenvalue weighted by molar-refractivity contribution is -0.0310. The molecule has 13 heavy (non-hydrogen) atoms. The van der Waals surface area contributed by atoms with Crippen molar-refractivity contribution in [2.45, 2.75) is 12.5 Å². The highest BCUT2D eigenvalue weighted by Crippen LogP contribution is 1.99. The standard InChI is InChI=1S/C9H19NO2S/c1-13-6-2-4-11-8-9-7-10-3-5-12-9/h9-10H,2-8H2,1H3. The summed E-state index contributed by atoms with van der Waals surface area (Å²) < 4.78 is 11.0. The van der Waals surface area contributed by atoms with Crippen molar-refractivity contribution in [2.75, 3.05) is 44.9 Å². The Kier molecular flexibility index (Phi) is 6.62. The maximum atomic E-state index is 5.50. The largest absolute Gasteiger partial charge is 0.379 e. The molecule has 1 atom stereocenters. The summed E-state index contributed by atoms with van der Waals surface area (Å²) in [5.74, 6) is 1.18. The molecule has 0 spiro atoms. The molecule has 1 heterocycles. The van der Waals surface area contributed by atoms with E-state index in [0.29, 0.717) is 0 Å². The molecule has 1 saturated heterocycles. The molecular formula is C9H19NO2S. The first-order valence-electron chi connectivity index (χ1n) is 4.82. The topological polar surface area (TPSA) is 30.5 Å². The van der Waals surface area contributed by atoms with Crippen LogP contribution < -0.4 is 5.32 Å². The third-order valence-corrected chi connectivity index (χ3v) is 2.64. The zero-order chi connectivity index (χ0) is 9.36. The highest BCUT2D eigenvalue weighted by molar-refractivity contribution is 7.98. The van der Waals surface area contributed by atoms with Gasteiger partial charge in [0.1, 0.15) is 0 Å². The summed E-state index contributed by atoms with van der Waals surface area (Å²) in [5, 5.41) is 3.28. The molecule has 0 amide bonds. The van der Waals surface area contributed by atoms with Crippen molar-refractivity contribution in [1.29, 1.82) is 0 Å². The van der Waals surface area contributed by atoms with E-state index in [4.69, 9.17) is 9.47 Å². The summed E-state index contributed by atoms with van der Waals surface area (Å²) in [4.78, 5) is 0.